The van der Waals surface area contributed by atoms with Crippen LogP contribution in [0.1, 0.15) is 39.8 Å². The molecule has 0 radical (unpaired) electrons. The first-order valence-corrected chi connectivity index (χ1v) is 5.47. The molecule has 0 bridgehead atoms. The van der Waals surface area contributed by atoms with Crippen molar-refractivity contribution < 1.29 is 0 Å². The molecule has 3 nitrogen and oxygen atoms in total. The molecule has 0 fully saturated rings. The first-order valence-electron chi connectivity index (χ1n) is 5.47. The average Bonchev–Trinajstić information content (AvgIpc) is 2.47. The van der Waals surface area contributed by atoms with Gasteiger partial charge < -0.3 is 0 Å². The lowest BCUT2D eigenvalue weighted by Gasteiger charge is -2.02. The fourth-order valence-electron chi connectivity index (χ4n) is 1.35. The third-order valence-electron chi connectivity index (χ3n) is 2.12. The summed E-state index contributed by atoms with van der Waals surface area (Å²) >= 11 is 0. The summed E-state index contributed by atoms with van der Waals surface area (Å²) in [7, 11) is 0. The van der Waals surface area contributed by atoms with Crippen molar-refractivity contribution in [2.24, 2.45) is 11.8 Å². The summed E-state index contributed by atoms with van der Waals surface area (Å²) in [5.41, 5.74) is 1.12. The predicted molar refractivity (Wildman–Crippen MR) is 58.0 cm³/mol. The maximum Gasteiger partial charge on any atom is 0.0827 e. The highest BCUT2D eigenvalue weighted by Crippen LogP contribution is 2.06. The number of nitrogens with zero attached hydrogens (tertiary/aromatic N) is 3. The van der Waals surface area contributed by atoms with Gasteiger partial charge in [0.05, 0.1) is 5.69 Å². The Morgan fingerprint density at radius 2 is 1.93 bits per heavy atom. The van der Waals surface area contributed by atoms with E-state index < -0.39 is 0 Å². The molecule has 0 N–H and O–H groups in total. The van der Waals surface area contributed by atoms with Crippen LogP contribution >= 0.6 is 0 Å². The van der Waals surface area contributed by atoms with Crippen LogP contribution in [0.5, 0.6) is 0 Å². The van der Waals surface area contributed by atoms with E-state index in [1.165, 1.54) is 6.42 Å². The quantitative estimate of drug-likeness (QED) is 0.722. The Bertz CT molecular complexity index is 263. The minimum atomic E-state index is 0.634. The highest BCUT2D eigenvalue weighted by atomic mass is 15.4. The van der Waals surface area contributed by atoms with Crippen LogP contribution in [0.25, 0.3) is 0 Å². The number of aromatic nitrogens is 3. The lowest BCUT2D eigenvalue weighted by Crippen LogP contribution is -2.04. The molecule has 0 aromatic carbocycles. The minimum Gasteiger partial charge on any atom is -0.252 e. The molecule has 0 saturated carbocycles. The van der Waals surface area contributed by atoms with Crippen molar-refractivity contribution >= 4 is 0 Å². The Balaban J connectivity index is 2.42. The van der Waals surface area contributed by atoms with E-state index in [1.807, 2.05) is 4.68 Å². The average molecular weight is 195 g/mol. The van der Waals surface area contributed by atoms with Gasteiger partial charge in [0.25, 0.3) is 0 Å². The molecule has 0 aliphatic carbocycles. The van der Waals surface area contributed by atoms with Gasteiger partial charge in [0.1, 0.15) is 0 Å². The second-order valence-corrected chi connectivity index (χ2v) is 4.76. The Kier molecular flexibility index (Phi) is 4.11. The van der Waals surface area contributed by atoms with Crippen molar-refractivity contribution in [3.8, 4) is 0 Å². The highest BCUT2D eigenvalue weighted by molar-refractivity contribution is 4.92. The van der Waals surface area contributed by atoms with Crippen LogP contribution < -0.4 is 0 Å². The summed E-state index contributed by atoms with van der Waals surface area (Å²) in [4.78, 5) is 0. The summed E-state index contributed by atoms with van der Waals surface area (Å²) in [6.45, 7) is 9.82. The Morgan fingerprint density at radius 1 is 1.21 bits per heavy atom. The molecule has 1 aromatic heterocycles. The van der Waals surface area contributed by atoms with Gasteiger partial charge in [-0.3, -0.25) is 4.68 Å². The van der Waals surface area contributed by atoms with Crippen molar-refractivity contribution in [1.29, 1.82) is 0 Å². The monoisotopic (exact) mass is 195 g/mol. The molecule has 1 aromatic rings. The Labute approximate surface area is 86.5 Å². The van der Waals surface area contributed by atoms with Crippen molar-refractivity contribution in [1.82, 2.24) is 15.0 Å². The summed E-state index contributed by atoms with van der Waals surface area (Å²) in [5, 5.41) is 8.26. The first-order chi connectivity index (χ1) is 6.58. The number of aryl methyl sites for hydroxylation is 1. The van der Waals surface area contributed by atoms with E-state index in [2.05, 4.69) is 44.2 Å². The highest BCUT2D eigenvalue weighted by Gasteiger charge is 2.03. The van der Waals surface area contributed by atoms with E-state index in [1.54, 1.807) is 0 Å². The van der Waals surface area contributed by atoms with Gasteiger partial charge in [0, 0.05) is 12.7 Å². The molecule has 0 aliphatic rings. The first kappa shape index (κ1) is 11.2. The van der Waals surface area contributed by atoms with Gasteiger partial charge in [-0.15, -0.1) is 5.10 Å². The fraction of sp³-hybridized carbons (Fsp3) is 0.818. The second kappa shape index (κ2) is 5.13. The van der Waals surface area contributed by atoms with Crippen molar-refractivity contribution in [2.45, 2.75) is 47.1 Å². The molecule has 0 spiro atoms. The van der Waals surface area contributed by atoms with Crippen LogP contribution in [0.4, 0.5) is 0 Å². The minimum absolute atomic E-state index is 0.634. The molecule has 80 valence electrons. The summed E-state index contributed by atoms with van der Waals surface area (Å²) in [5.74, 6) is 1.37. The molecule has 0 unspecified atom stereocenters. The van der Waals surface area contributed by atoms with Gasteiger partial charge in [-0.05, 0) is 24.7 Å². The molecule has 0 amide bonds. The third-order valence-corrected chi connectivity index (χ3v) is 2.12. The third kappa shape index (κ3) is 3.90. The zero-order valence-corrected chi connectivity index (χ0v) is 9.70. The number of hydrogen-bond donors (Lipinski definition) is 0. The Hall–Kier alpha value is -0.860. The van der Waals surface area contributed by atoms with E-state index in [4.69, 9.17) is 0 Å². The van der Waals surface area contributed by atoms with Gasteiger partial charge in [-0.25, -0.2) is 0 Å². The fourth-order valence-corrected chi connectivity index (χ4v) is 1.35. The molecule has 0 atom stereocenters. The van der Waals surface area contributed by atoms with Crippen LogP contribution in [-0.2, 0) is 13.0 Å². The van der Waals surface area contributed by atoms with Crippen LogP contribution in [0, 0.1) is 11.8 Å². The molecule has 0 aliphatic heterocycles. The van der Waals surface area contributed by atoms with Crippen molar-refractivity contribution in [3.05, 3.63) is 11.9 Å². The van der Waals surface area contributed by atoms with Crippen LogP contribution in [-0.4, -0.2) is 15.0 Å². The lowest BCUT2D eigenvalue weighted by molar-refractivity contribution is 0.472. The largest absolute Gasteiger partial charge is 0.252 e. The molecule has 14 heavy (non-hydrogen) atoms. The molecule has 1 rings (SSSR count). The van der Waals surface area contributed by atoms with Gasteiger partial charge in [0.2, 0.25) is 0 Å². The second-order valence-electron chi connectivity index (χ2n) is 4.76. The number of rotatable bonds is 5. The normalized spacial score (nSPS) is 11.6. The van der Waals surface area contributed by atoms with E-state index in [0.717, 1.165) is 24.6 Å². The standard InChI is InChI=1S/C11H21N3/c1-9(2)5-6-11-8-14(13-12-11)7-10(3)4/h8-10H,5-7H2,1-4H3. The number of hydrogen-bond acceptors (Lipinski definition) is 2. The maximum absolute atomic E-state index is 4.15. The van der Waals surface area contributed by atoms with Crippen LogP contribution in [0.15, 0.2) is 6.20 Å². The van der Waals surface area contributed by atoms with Crippen molar-refractivity contribution in [2.75, 3.05) is 0 Å². The van der Waals surface area contributed by atoms with Crippen LogP contribution in [0.3, 0.4) is 0 Å². The summed E-state index contributed by atoms with van der Waals surface area (Å²) in [6, 6.07) is 0. The smallest absolute Gasteiger partial charge is 0.0827 e. The van der Waals surface area contributed by atoms with Gasteiger partial charge in [0.15, 0.2) is 0 Å². The zero-order chi connectivity index (χ0) is 10.6. The van der Waals surface area contributed by atoms with E-state index in [-0.39, 0.29) is 0 Å². The molecule has 1 heterocycles. The topological polar surface area (TPSA) is 30.7 Å². The van der Waals surface area contributed by atoms with Crippen molar-refractivity contribution in [3.63, 3.8) is 0 Å². The summed E-state index contributed by atoms with van der Waals surface area (Å²) in [6.07, 6.45) is 4.32. The van der Waals surface area contributed by atoms with Gasteiger partial charge in [-0.1, -0.05) is 32.9 Å². The van der Waals surface area contributed by atoms with E-state index in [0.29, 0.717) is 5.92 Å². The molecular formula is C11H21N3. The molecular weight excluding hydrogens is 174 g/mol. The predicted octanol–water partition coefficient (Wildman–Crippen LogP) is 2.52. The lowest BCUT2D eigenvalue weighted by atomic mass is 10.1. The summed E-state index contributed by atoms with van der Waals surface area (Å²) < 4.78 is 1.94. The SMILES string of the molecule is CC(C)CCc1cn(CC(C)C)nn1. The maximum atomic E-state index is 4.15. The van der Waals surface area contributed by atoms with E-state index in [9.17, 15) is 0 Å². The Morgan fingerprint density at radius 3 is 2.50 bits per heavy atom. The molecule has 0 saturated heterocycles. The molecule has 3 heteroatoms. The zero-order valence-electron chi connectivity index (χ0n) is 9.70. The van der Waals surface area contributed by atoms with E-state index >= 15 is 0 Å². The van der Waals surface area contributed by atoms with Crippen LogP contribution in [0.2, 0.25) is 0 Å². The van der Waals surface area contributed by atoms with Gasteiger partial charge in [-0.2, -0.15) is 0 Å². The van der Waals surface area contributed by atoms with Gasteiger partial charge >= 0.3 is 0 Å².